The van der Waals surface area contributed by atoms with Gasteiger partial charge in [-0.05, 0) is 37.5 Å². The first-order chi connectivity index (χ1) is 9.37. The molecule has 1 aliphatic heterocycles. The van der Waals surface area contributed by atoms with Gasteiger partial charge in [0.15, 0.2) is 0 Å². The molecule has 1 fully saturated rings. The minimum absolute atomic E-state index is 0.0761. The van der Waals surface area contributed by atoms with E-state index in [0.717, 1.165) is 17.5 Å². The van der Waals surface area contributed by atoms with Gasteiger partial charge < -0.3 is 10.5 Å². The standard InChI is InChI=1S/C14H22N2O3S/c1-10-4-5-12(9-15)8-14(10)20(17,18)16(3)13-6-7-19-11(13)2/h4-5,8,11,13H,6-7,9,15H2,1-3H3. The number of nitrogens with zero attached hydrogens (tertiary/aromatic N) is 1. The van der Waals surface area contributed by atoms with Gasteiger partial charge in [-0.15, -0.1) is 0 Å². The largest absolute Gasteiger partial charge is 0.377 e. The second-order valence-electron chi connectivity index (χ2n) is 5.26. The zero-order valence-corrected chi connectivity index (χ0v) is 13.0. The Kier molecular flexibility index (Phi) is 4.49. The number of aryl methyl sites for hydroxylation is 1. The minimum atomic E-state index is -3.52. The maximum absolute atomic E-state index is 12.8. The quantitative estimate of drug-likeness (QED) is 0.908. The van der Waals surface area contributed by atoms with Crippen LogP contribution in [0.2, 0.25) is 0 Å². The van der Waals surface area contributed by atoms with Gasteiger partial charge in [0.2, 0.25) is 10.0 Å². The number of sulfonamides is 1. The maximum Gasteiger partial charge on any atom is 0.243 e. The van der Waals surface area contributed by atoms with Crippen LogP contribution in [-0.4, -0.2) is 38.5 Å². The average molecular weight is 298 g/mol. The van der Waals surface area contributed by atoms with Crippen molar-refractivity contribution in [2.24, 2.45) is 5.73 Å². The van der Waals surface area contributed by atoms with E-state index in [4.69, 9.17) is 10.5 Å². The third kappa shape index (κ3) is 2.74. The average Bonchev–Trinajstić information content (AvgIpc) is 2.84. The minimum Gasteiger partial charge on any atom is -0.377 e. The highest BCUT2D eigenvalue weighted by Gasteiger charge is 2.35. The van der Waals surface area contributed by atoms with Crippen molar-refractivity contribution in [2.75, 3.05) is 13.7 Å². The number of likely N-dealkylation sites (N-methyl/N-ethyl adjacent to an activating group) is 1. The number of nitrogens with two attached hydrogens (primary N) is 1. The lowest BCUT2D eigenvalue weighted by atomic mass is 10.1. The van der Waals surface area contributed by atoms with Gasteiger partial charge in [-0.1, -0.05) is 12.1 Å². The number of benzene rings is 1. The first-order valence-corrected chi connectivity index (χ1v) is 8.21. The molecule has 112 valence electrons. The second kappa shape index (κ2) is 5.81. The van der Waals surface area contributed by atoms with Crippen LogP contribution in [0.5, 0.6) is 0 Å². The zero-order valence-electron chi connectivity index (χ0n) is 12.2. The Morgan fingerprint density at radius 1 is 1.45 bits per heavy atom. The Bertz CT molecular complexity index is 586. The molecular weight excluding hydrogens is 276 g/mol. The summed E-state index contributed by atoms with van der Waals surface area (Å²) in [6.45, 7) is 4.64. The van der Waals surface area contributed by atoms with Gasteiger partial charge in [0.1, 0.15) is 0 Å². The molecule has 1 saturated heterocycles. The molecule has 2 unspecified atom stereocenters. The van der Waals surface area contributed by atoms with Gasteiger partial charge in [-0.2, -0.15) is 4.31 Å². The van der Waals surface area contributed by atoms with E-state index >= 15 is 0 Å². The summed E-state index contributed by atoms with van der Waals surface area (Å²) in [6, 6.07) is 5.22. The normalized spacial score (nSPS) is 23.4. The van der Waals surface area contributed by atoms with Crippen LogP contribution in [0, 0.1) is 6.92 Å². The number of rotatable bonds is 4. The van der Waals surface area contributed by atoms with Crippen molar-refractivity contribution in [3.63, 3.8) is 0 Å². The molecule has 0 spiro atoms. The van der Waals surface area contributed by atoms with E-state index in [2.05, 4.69) is 0 Å². The van der Waals surface area contributed by atoms with E-state index in [9.17, 15) is 8.42 Å². The molecule has 5 nitrogen and oxygen atoms in total. The Balaban J connectivity index is 2.39. The first kappa shape index (κ1) is 15.4. The fourth-order valence-corrected chi connectivity index (χ4v) is 4.30. The van der Waals surface area contributed by atoms with Gasteiger partial charge in [0, 0.05) is 20.2 Å². The third-order valence-corrected chi connectivity index (χ3v) is 5.97. The maximum atomic E-state index is 12.8. The molecule has 0 saturated carbocycles. The lowest BCUT2D eigenvalue weighted by Gasteiger charge is -2.26. The zero-order chi connectivity index (χ0) is 14.9. The molecule has 1 aromatic carbocycles. The van der Waals surface area contributed by atoms with Gasteiger partial charge >= 0.3 is 0 Å². The summed E-state index contributed by atoms with van der Waals surface area (Å²) in [7, 11) is -1.90. The summed E-state index contributed by atoms with van der Waals surface area (Å²) in [5, 5.41) is 0. The molecular formula is C14H22N2O3S. The van der Waals surface area contributed by atoms with Crippen LogP contribution in [0.4, 0.5) is 0 Å². The molecule has 0 bridgehead atoms. The van der Waals surface area contributed by atoms with Crippen molar-refractivity contribution < 1.29 is 13.2 Å². The van der Waals surface area contributed by atoms with Crippen LogP contribution in [0.25, 0.3) is 0 Å². The van der Waals surface area contributed by atoms with Crippen molar-refractivity contribution in [3.05, 3.63) is 29.3 Å². The van der Waals surface area contributed by atoms with Crippen LogP contribution in [-0.2, 0) is 21.3 Å². The van der Waals surface area contributed by atoms with Gasteiger partial charge in [-0.25, -0.2) is 8.42 Å². The fourth-order valence-electron chi connectivity index (χ4n) is 2.58. The molecule has 0 radical (unpaired) electrons. The Labute approximate surface area is 120 Å². The lowest BCUT2D eigenvalue weighted by molar-refractivity contribution is 0.102. The molecule has 0 aromatic heterocycles. The van der Waals surface area contributed by atoms with Crippen LogP contribution in [0.3, 0.4) is 0 Å². The topological polar surface area (TPSA) is 72.6 Å². The number of hydrogen-bond donors (Lipinski definition) is 1. The Hall–Kier alpha value is -0.950. The van der Waals surface area contributed by atoms with Crippen LogP contribution in [0.15, 0.2) is 23.1 Å². The summed E-state index contributed by atoms with van der Waals surface area (Å²) >= 11 is 0. The van der Waals surface area contributed by atoms with Crippen molar-refractivity contribution in [1.29, 1.82) is 0 Å². The van der Waals surface area contributed by atoms with E-state index in [0.29, 0.717) is 18.0 Å². The summed E-state index contributed by atoms with van der Waals surface area (Å²) < 4.78 is 32.5. The molecule has 2 rings (SSSR count). The van der Waals surface area contributed by atoms with Crippen LogP contribution < -0.4 is 5.73 Å². The molecule has 1 heterocycles. The summed E-state index contributed by atoms with van der Waals surface area (Å²) in [5.41, 5.74) is 7.16. The van der Waals surface area contributed by atoms with E-state index in [1.165, 1.54) is 4.31 Å². The molecule has 6 heteroatoms. The highest BCUT2D eigenvalue weighted by Crippen LogP contribution is 2.27. The second-order valence-corrected chi connectivity index (χ2v) is 7.22. The van der Waals surface area contributed by atoms with Crippen molar-refractivity contribution in [2.45, 2.75) is 43.9 Å². The smallest absolute Gasteiger partial charge is 0.243 e. The monoisotopic (exact) mass is 298 g/mol. The SMILES string of the molecule is Cc1ccc(CN)cc1S(=O)(=O)N(C)C1CCOC1C. The molecule has 0 amide bonds. The Morgan fingerprint density at radius 2 is 2.15 bits per heavy atom. The summed E-state index contributed by atoms with van der Waals surface area (Å²) in [4.78, 5) is 0.335. The molecule has 2 N–H and O–H groups in total. The molecule has 0 aliphatic carbocycles. The van der Waals surface area contributed by atoms with Crippen LogP contribution in [0.1, 0.15) is 24.5 Å². The van der Waals surface area contributed by atoms with Crippen molar-refractivity contribution >= 4 is 10.0 Å². The van der Waals surface area contributed by atoms with E-state index in [1.807, 2.05) is 13.0 Å². The molecule has 1 aromatic rings. The van der Waals surface area contributed by atoms with Gasteiger partial charge in [0.05, 0.1) is 17.0 Å². The van der Waals surface area contributed by atoms with E-state index in [1.54, 1.807) is 26.1 Å². The van der Waals surface area contributed by atoms with Crippen molar-refractivity contribution in [3.8, 4) is 0 Å². The predicted molar refractivity (Wildman–Crippen MR) is 77.8 cm³/mol. The van der Waals surface area contributed by atoms with E-state index < -0.39 is 10.0 Å². The summed E-state index contributed by atoms with van der Waals surface area (Å²) in [5.74, 6) is 0. The first-order valence-electron chi connectivity index (χ1n) is 6.77. The van der Waals surface area contributed by atoms with Crippen LogP contribution >= 0.6 is 0 Å². The van der Waals surface area contributed by atoms with Gasteiger partial charge in [-0.3, -0.25) is 0 Å². The van der Waals surface area contributed by atoms with Crippen molar-refractivity contribution in [1.82, 2.24) is 4.31 Å². The van der Waals surface area contributed by atoms with Gasteiger partial charge in [0.25, 0.3) is 0 Å². The molecule has 2 atom stereocenters. The summed E-state index contributed by atoms with van der Waals surface area (Å²) in [6.07, 6.45) is 0.653. The number of hydrogen-bond acceptors (Lipinski definition) is 4. The van der Waals surface area contributed by atoms with E-state index in [-0.39, 0.29) is 12.1 Å². The third-order valence-electron chi connectivity index (χ3n) is 3.95. The molecule has 20 heavy (non-hydrogen) atoms. The fraction of sp³-hybridized carbons (Fsp3) is 0.571. The lowest BCUT2D eigenvalue weighted by Crippen LogP contribution is -2.41. The predicted octanol–water partition coefficient (Wildman–Crippen LogP) is 1.25. The number of ether oxygens (including phenoxy) is 1. The highest BCUT2D eigenvalue weighted by atomic mass is 32.2. The highest BCUT2D eigenvalue weighted by molar-refractivity contribution is 7.89. The molecule has 1 aliphatic rings. The Morgan fingerprint density at radius 3 is 2.70 bits per heavy atom.